The second-order valence-corrected chi connectivity index (χ2v) is 2.92. The molecule has 3 nitrogen and oxygen atoms in total. The molecule has 0 bridgehead atoms. The summed E-state index contributed by atoms with van der Waals surface area (Å²) in [5.74, 6) is 0. The van der Waals surface area contributed by atoms with E-state index in [1.54, 1.807) is 0 Å². The molecule has 70 valence electrons. The van der Waals surface area contributed by atoms with Gasteiger partial charge in [0.15, 0.2) is 0 Å². The van der Waals surface area contributed by atoms with Crippen LogP contribution in [0.2, 0.25) is 0 Å². The van der Waals surface area contributed by atoms with Gasteiger partial charge in [-0.15, -0.1) is 0 Å². The van der Waals surface area contributed by atoms with E-state index < -0.39 is 0 Å². The lowest BCUT2D eigenvalue weighted by molar-refractivity contribution is 0.575. The topological polar surface area (TPSA) is 36.8 Å². The van der Waals surface area contributed by atoms with Gasteiger partial charge in [0.1, 0.15) is 0 Å². The minimum Gasteiger partial charge on any atom is -0.314 e. The molecule has 0 radical (unpaired) electrons. The summed E-state index contributed by atoms with van der Waals surface area (Å²) < 4.78 is 0. The molecule has 3 heteroatoms. The highest BCUT2D eigenvalue weighted by Crippen LogP contribution is 1.80. The Kier molecular flexibility index (Phi) is 7.97. The lowest BCUT2D eigenvalue weighted by Crippen LogP contribution is -2.23. The zero-order valence-electron chi connectivity index (χ0n) is 8.30. The van der Waals surface area contributed by atoms with Crippen LogP contribution in [-0.4, -0.2) is 31.7 Å². The molecule has 0 aromatic heterocycles. The third-order valence-corrected chi connectivity index (χ3v) is 1.30. The van der Waals surface area contributed by atoms with Gasteiger partial charge in [-0.25, -0.2) is 9.98 Å². The largest absolute Gasteiger partial charge is 0.314 e. The maximum absolute atomic E-state index is 4.00. The molecule has 0 fully saturated rings. The van der Waals surface area contributed by atoms with E-state index in [0.717, 1.165) is 26.1 Å². The average molecular weight is 169 g/mol. The molecular weight excluding hydrogens is 150 g/mol. The van der Waals surface area contributed by atoms with Gasteiger partial charge in [-0.1, -0.05) is 13.8 Å². The number of aliphatic imine (C=N–C) groups is 2. The first kappa shape index (κ1) is 11.3. The number of nitrogens with one attached hydrogen (secondary N) is 1. The van der Waals surface area contributed by atoms with Crippen molar-refractivity contribution in [1.82, 2.24) is 5.32 Å². The first-order valence-electron chi connectivity index (χ1n) is 4.58. The summed E-state index contributed by atoms with van der Waals surface area (Å²) in [6, 6.07) is 3.21. The first-order chi connectivity index (χ1) is 5.77. The lowest BCUT2D eigenvalue weighted by Gasteiger charge is -2.04. The Balaban J connectivity index is 3.16. The molecule has 0 atom stereocenters. The Bertz CT molecular complexity index is 146. The van der Waals surface area contributed by atoms with Gasteiger partial charge in [0, 0.05) is 12.6 Å². The molecule has 0 heterocycles. The van der Waals surface area contributed by atoms with Gasteiger partial charge in [-0.05, 0) is 19.9 Å². The zero-order chi connectivity index (χ0) is 9.23. The average Bonchev–Trinajstić information content (AvgIpc) is 2.02. The molecule has 0 rings (SSSR count). The molecule has 0 aliphatic carbocycles. The highest BCUT2D eigenvalue weighted by molar-refractivity contribution is 5.40. The highest BCUT2D eigenvalue weighted by Gasteiger charge is 1.89. The monoisotopic (exact) mass is 169 g/mol. The second-order valence-electron chi connectivity index (χ2n) is 2.92. The normalized spacial score (nSPS) is 9.67. The molecule has 0 unspecified atom stereocenters. The maximum Gasteiger partial charge on any atom is 0.0892 e. The van der Waals surface area contributed by atoms with Crippen LogP contribution in [0.3, 0.4) is 0 Å². The second kappa shape index (κ2) is 8.44. The summed E-state index contributed by atoms with van der Waals surface area (Å²) in [6.45, 7) is 8.87. The van der Waals surface area contributed by atoms with Crippen molar-refractivity contribution in [2.24, 2.45) is 9.98 Å². The van der Waals surface area contributed by atoms with Crippen molar-refractivity contribution in [1.29, 1.82) is 0 Å². The van der Waals surface area contributed by atoms with Crippen LogP contribution in [0.4, 0.5) is 0 Å². The quantitative estimate of drug-likeness (QED) is 0.475. The van der Waals surface area contributed by atoms with Crippen molar-refractivity contribution in [3.8, 4) is 0 Å². The van der Waals surface area contributed by atoms with E-state index in [0.29, 0.717) is 6.04 Å². The SMILES string of the molecule is CCN=C=NCCCNC(C)C. The molecule has 0 aliphatic rings. The Morgan fingerprint density at radius 1 is 1.33 bits per heavy atom. The van der Waals surface area contributed by atoms with E-state index in [-0.39, 0.29) is 0 Å². The van der Waals surface area contributed by atoms with E-state index in [9.17, 15) is 0 Å². The summed E-state index contributed by atoms with van der Waals surface area (Å²) in [5, 5.41) is 3.32. The summed E-state index contributed by atoms with van der Waals surface area (Å²) in [5.41, 5.74) is 0. The van der Waals surface area contributed by atoms with Gasteiger partial charge in [0.2, 0.25) is 0 Å². The van der Waals surface area contributed by atoms with Crippen LogP contribution in [0.5, 0.6) is 0 Å². The van der Waals surface area contributed by atoms with Crippen LogP contribution < -0.4 is 5.32 Å². The summed E-state index contributed by atoms with van der Waals surface area (Å²) in [7, 11) is 0. The molecule has 0 saturated carbocycles. The lowest BCUT2D eigenvalue weighted by atomic mass is 10.3. The summed E-state index contributed by atoms with van der Waals surface area (Å²) in [6.07, 6.45) is 1.06. The molecule has 12 heavy (non-hydrogen) atoms. The van der Waals surface area contributed by atoms with Crippen LogP contribution in [0.15, 0.2) is 9.98 Å². The van der Waals surface area contributed by atoms with Crippen molar-refractivity contribution in [2.75, 3.05) is 19.6 Å². The van der Waals surface area contributed by atoms with Gasteiger partial charge < -0.3 is 5.32 Å². The van der Waals surface area contributed by atoms with E-state index in [1.807, 2.05) is 6.92 Å². The maximum atomic E-state index is 4.00. The molecular formula is C9H19N3. The van der Waals surface area contributed by atoms with Gasteiger partial charge in [0.05, 0.1) is 12.6 Å². The summed E-state index contributed by atoms with van der Waals surface area (Å²) in [4.78, 5) is 7.87. The van der Waals surface area contributed by atoms with Crippen molar-refractivity contribution in [3.63, 3.8) is 0 Å². The minimum atomic E-state index is 0.568. The predicted octanol–water partition coefficient (Wildman–Crippen LogP) is 1.57. The predicted molar refractivity (Wildman–Crippen MR) is 53.0 cm³/mol. The van der Waals surface area contributed by atoms with Crippen LogP contribution in [0.25, 0.3) is 0 Å². The van der Waals surface area contributed by atoms with E-state index in [1.165, 1.54) is 0 Å². The van der Waals surface area contributed by atoms with E-state index in [2.05, 4.69) is 35.2 Å². The Hall–Kier alpha value is -0.660. The molecule has 0 aromatic carbocycles. The fourth-order valence-corrected chi connectivity index (χ4v) is 0.720. The highest BCUT2D eigenvalue weighted by atomic mass is 14.9. The van der Waals surface area contributed by atoms with Crippen LogP contribution in [0.1, 0.15) is 27.2 Å². The van der Waals surface area contributed by atoms with Crippen molar-refractivity contribution in [2.45, 2.75) is 33.2 Å². The number of rotatable bonds is 6. The third kappa shape index (κ3) is 9.34. The number of hydrogen-bond acceptors (Lipinski definition) is 3. The van der Waals surface area contributed by atoms with Crippen molar-refractivity contribution >= 4 is 6.01 Å². The first-order valence-corrected chi connectivity index (χ1v) is 4.58. The smallest absolute Gasteiger partial charge is 0.0892 e. The van der Waals surface area contributed by atoms with Gasteiger partial charge in [0.25, 0.3) is 0 Å². The standard InChI is InChI=1S/C9H19N3/c1-4-10-8-11-6-5-7-12-9(2)3/h9,12H,4-7H2,1-3H3. The van der Waals surface area contributed by atoms with Crippen LogP contribution in [-0.2, 0) is 0 Å². The molecule has 0 saturated heterocycles. The fraction of sp³-hybridized carbons (Fsp3) is 0.889. The molecule has 0 spiro atoms. The van der Waals surface area contributed by atoms with Crippen molar-refractivity contribution in [3.05, 3.63) is 0 Å². The molecule has 0 amide bonds. The minimum absolute atomic E-state index is 0.568. The van der Waals surface area contributed by atoms with Crippen molar-refractivity contribution < 1.29 is 0 Å². The molecule has 0 aliphatic heterocycles. The van der Waals surface area contributed by atoms with Crippen LogP contribution in [0, 0.1) is 0 Å². The van der Waals surface area contributed by atoms with E-state index >= 15 is 0 Å². The Morgan fingerprint density at radius 3 is 2.67 bits per heavy atom. The zero-order valence-corrected chi connectivity index (χ0v) is 8.30. The van der Waals surface area contributed by atoms with Crippen LogP contribution >= 0.6 is 0 Å². The van der Waals surface area contributed by atoms with E-state index in [4.69, 9.17) is 0 Å². The molecule has 0 aromatic rings. The Labute approximate surface area is 75.0 Å². The Morgan fingerprint density at radius 2 is 2.08 bits per heavy atom. The third-order valence-electron chi connectivity index (χ3n) is 1.30. The fourth-order valence-electron chi connectivity index (χ4n) is 0.720. The van der Waals surface area contributed by atoms with Gasteiger partial charge >= 0.3 is 0 Å². The summed E-state index contributed by atoms with van der Waals surface area (Å²) >= 11 is 0. The van der Waals surface area contributed by atoms with Gasteiger partial charge in [-0.3, -0.25) is 0 Å². The molecule has 1 N–H and O–H groups in total. The van der Waals surface area contributed by atoms with Gasteiger partial charge in [-0.2, -0.15) is 0 Å². The number of hydrogen-bond donors (Lipinski definition) is 1. The number of nitrogens with zero attached hydrogens (tertiary/aromatic N) is 2.